The molecule has 5 nitrogen and oxygen atoms in total. The summed E-state index contributed by atoms with van der Waals surface area (Å²) in [5.41, 5.74) is 1.68. The first-order valence-corrected chi connectivity index (χ1v) is 9.58. The van der Waals surface area contributed by atoms with Crippen LogP contribution in [0, 0.1) is 11.7 Å². The number of carbonyl (C=O) groups excluding carboxylic acids is 2. The Balaban J connectivity index is 1.50. The van der Waals surface area contributed by atoms with E-state index in [0.717, 1.165) is 30.6 Å². The average Bonchev–Trinajstić information content (AvgIpc) is 2.70. The van der Waals surface area contributed by atoms with E-state index >= 15 is 0 Å². The third-order valence-electron chi connectivity index (χ3n) is 5.04. The van der Waals surface area contributed by atoms with Crippen LogP contribution < -0.4 is 5.32 Å². The molecule has 1 heterocycles. The summed E-state index contributed by atoms with van der Waals surface area (Å²) >= 11 is 0. The van der Waals surface area contributed by atoms with Crippen LogP contribution in [0.15, 0.2) is 54.6 Å². The quantitative estimate of drug-likeness (QED) is 0.834. The highest BCUT2D eigenvalue weighted by molar-refractivity contribution is 5.92. The van der Waals surface area contributed by atoms with E-state index in [1.54, 1.807) is 24.1 Å². The molecule has 0 aliphatic carbocycles. The second-order valence-electron chi connectivity index (χ2n) is 7.31. The first-order chi connectivity index (χ1) is 13.5. The number of nitrogens with one attached hydrogen (secondary N) is 1. The lowest BCUT2D eigenvalue weighted by Gasteiger charge is -2.32. The summed E-state index contributed by atoms with van der Waals surface area (Å²) in [5, 5.41) is 2.95. The van der Waals surface area contributed by atoms with Crippen LogP contribution in [0.5, 0.6) is 0 Å². The van der Waals surface area contributed by atoms with E-state index in [0.29, 0.717) is 13.1 Å². The van der Waals surface area contributed by atoms with Gasteiger partial charge in [0, 0.05) is 25.8 Å². The fraction of sp³-hybridized carbons (Fsp3) is 0.364. The molecule has 0 aromatic heterocycles. The van der Waals surface area contributed by atoms with Gasteiger partial charge < -0.3 is 10.2 Å². The van der Waals surface area contributed by atoms with Gasteiger partial charge in [0.25, 0.3) is 0 Å². The lowest BCUT2D eigenvalue weighted by molar-refractivity contribution is -0.133. The van der Waals surface area contributed by atoms with Gasteiger partial charge in [-0.2, -0.15) is 0 Å². The number of para-hydroxylation sites is 1. The van der Waals surface area contributed by atoms with Crippen LogP contribution in [0.25, 0.3) is 0 Å². The zero-order valence-corrected chi connectivity index (χ0v) is 16.1. The van der Waals surface area contributed by atoms with Gasteiger partial charge in [0.2, 0.25) is 11.8 Å². The third-order valence-corrected chi connectivity index (χ3v) is 5.04. The predicted octanol–water partition coefficient (Wildman–Crippen LogP) is 3.13. The van der Waals surface area contributed by atoms with Crippen molar-refractivity contribution < 1.29 is 14.0 Å². The van der Waals surface area contributed by atoms with E-state index in [9.17, 15) is 14.0 Å². The smallest absolute Gasteiger partial charge is 0.236 e. The molecule has 0 spiro atoms. The van der Waals surface area contributed by atoms with Crippen molar-refractivity contribution in [3.05, 3.63) is 66.0 Å². The fourth-order valence-electron chi connectivity index (χ4n) is 3.44. The second kappa shape index (κ2) is 9.46. The summed E-state index contributed by atoms with van der Waals surface area (Å²) in [7, 11) is 1.75. The van der Waals surface area contributed by atoms with Crippen molar-refractivity contribution in [3.8, 4) is 0 Å². The summed E-state index contributed by atoms with van der Waals surface area (Å²) in [6.07, 6.45) is 1.72. The maximum Gasteiger partial charge on any atom is 0.236 e. The number of likely N-dealkylation sites (N-methyl/N-ethyl adjacent to an activating group) is 1. The van der Waals surface area contributed by atoms with E-state index in [1.165, 1.54) is 12.1 Å². The average molecular weight is 383 g/mol. The van der Waals surface area contributed by atoms with Crippen molar-refractivity contribution in [2.45, 2.75) is 19.4 Å². The van der Waals surface area contributed by atoms with Gasteiger partial charge in [0.1, 0.15) is 5.82 Å². The largest absolute Gasteiger partial charge is 0.340 e. The number of amides is 2. The maximum absolute atomic E-state index is 13.0. The molecule has 1 saturated heterocycles. The molecule has 2 aromatic rings. The number of rotatable bonds is 6. The van der Waals surface area contributed by atoms with Crippen LogP contribution in [0.4, 0.5) is 10.1 Å². The minimum Gasteiger partial charge on any atom is -0.340 e. The molecule has 1 atom stereocenters. The highest BCUT2D eigenvalue weighted by atomic mass is 19.1. The standard InChI is InChI=1S/C22H26FN3O2/c1-25(14-17-9-11-19(23)12-10-17)21(27)16-26-13-5-6-18(15-26)22(28)24-20-7-3-2-4-8-20/h2-4,7-12,18H,5-6,13-16H2,1H3,(H,24,28)/t18-/m0/s1. The zero-order chi connectivity index (χ0) is 19.9. The van der Waals surface area contributed by atoms with Crippen LogP contribution in [-0.2, 0) is 16.1 Å². The van der Waals surface area contributed by atoms with E-state index in [2.05, 4.69) is 5.32 Å². The molecular weight excluding hydrogens is 357 g/mol. The molecule has 1 aliphatic rings. The summed E-state index contributed by atoms with van der Waals surface area (Å²) < 4.78 is 13.0. The van der Waals surface area contributed by atoms with Gasteiger partial charge in [-0.15, -0.1) is 0 Å². The van der Waals surface area contributed by atoms with Gasteiger partial charge in [-0.1, -0.05) is 30.3 Å². The Morgan fingerprint density at radius 3 is 2.57 bits per heavy atom. The normalized spacial score (nSPS) is 17.1. The molecule has 0 bridgehead atoms. The van der Waals surface area contributed by atoms with Gasteiger partial charge in [0.05, 0.1) is 12.5 Å². The van der Waals surface area contributed by atoms with Crippen LogP contribution in [0.1, 0.15) is 18.4 Å². The summed E-state index contributed by atoms with van der Waals surface area (Å²) in [4.78, 5) is 28.8. The van der Waals surface area contributed by atoms with E-state index in [4.69, 9.17) is 0 Å². The Morgan fingerprint density at radius 2 is 1.86 bits per heavy atom. The van der Waals surface area contributed by atoms with Crippen LogP contribution in [0.2, 0.25) is 0 Å². The highest BCUT2D eigenvalue weighted by Crippen LogP contribution is 2.19. The molecule has 28 heavy (non-hydrogen) atoms. The third kappa shape index (κ3) is 5.63. The Morgan fingerprint density at radius 1 is 1.14 bits per heavy atom. The predicted molar refractivity (Wildman–Crippen MR) is 107 cm³/mol. The van der Waals surface area contributed by atoms with Crippen molar-refractivity contribution in [2.24, 2.45) is 5.92 Å². The molecule has 1 fully saturated rings. The Labute approximate surface area is 165 Å². The van der Waals surface area contributed by atoms with Crippen LogP contribution >= 0.6 is 0 Å². The first kappa shape index (κ1) is 20.0. The number of halogens is 1. The Hall–Kier alpha value is -2.73. The maximum atomic E-state index is 13.0. The summed E-state index contributed by atoms with van der Waals surface area (Å²) in [6.45, 7) is 2.11. The molecule has 0 unspecified atom stereocenters. The topological polar surface area (TPSA) is 52.7 Å². The SMILES string of the molecule is CN(Cc1ccc(F)cc1)C(=O)CN1CCC[C@H](C(=O)Nc2ccccc2)C1. The van der Waals surface area contributed by atoms with Crippen molar-refractivity contribution in [1.82, 2.24) is 9.80 Å². The summed E-state index contributed by atoms with van der Waals surface area (Å²) in [5.74, 6) is -0.411. The first-order valence-electron chi connectivity index (χ1n) is 9.58. The monoisotopic (exact) mass is 383 g/mol. The fourth-order valence-corrected chi connectivity index (χ4v) is 3.44. The number of carbonyl (C=O) groups is 2. The molecule has 1 aliphatic heterocycles. The molecule has 0 saturated carbocycles. The lowest BCUT2D eigenvalue weighted by atomic mass is 9.97. The van der Waals surface area contributed by atoms with Gasteiger partial charge >= 0.3 is 0 Å². The molecule has 148 valence electrons. The van der Waals surface area contributed by atoms with Crippen LogP contribution in [0.3, 0.4) is 0 Å². The highest BCUT2D eigenvalue weighted by Gasteiger charge is 2.27. The molecule has 2 amide bonds. The van der Waals surface area contributed by atoms with Crippen molar-refractivity contribution in [3.63, 3.8) is 0 Å². The zero-order valence-electron chi connectivity index (χ0n) is 16.1. The van der Waals surface area contributed by atoms with Crippen LogP contribution in [-0.4, -0.2) is 48.3 Å². The minimum atomic E-state index is -0.286. The van der Waals surface area contributed by atoms with Crippen molar-refractivity contribution >= 4 is 17.5 Å². The number of hydrogen-bond donors (Lipinski definition) is 1. The molecule has 0 radical (unpaired) electrons. The molecule has 3 rings (SSSR count). The molecule has 6 heteroatoms. The second-order valence-corrected chi connectivity index (χ2v) is 7.31. The van der Waals surface area contributed by atoms with Crippen molar-refractivity contribution in [1.29, 1.82) is 0 Å². The van der Waals surface area contributed by atoms with E-state index in [-0.39, 0.29) is 30.1 Å². The number of benzene rings is 2. The molecular formula is C22H26FN3O2. The Kier molecular flexibility index (Phi) is 6.76. The molecule has 2 aromatic carbocycles. The van der Waals surface area contributed by atoms with Gasteiger partial charge in [-0.05, 0) is 49.2 Å². The number of piperidine rings is 1. The van der Waals surface area contributed by atoms with Gasteiger partial charge in [0.15, 0.2) is 0 Å². The van der Waals surface area contributed by atoms with E-state index in [1.807, 2.05) is 35.2 Å². The lowest BCUT2D eigenvalue weighted by Crippen LogP contribution is -2.45. The summed E-state index contributed by atoms with van der Waals surface area (Å²) in [6, 6.07) is 15.6. The minimum absolute atomic E-state index is 0.00279. The number of nitrogens with zero attached hydrogens (tertiary/aromatic N) is 2. The number of anilines is 1. The molecule has 1 N–H and O–H groups in total. The van der Waals surface area contributed by atoms with Crippen molar-refractivity contribution in [2.75, 3.05) is 32.0 Å². The van der Waals surface area contributed by atoms with E-state index < -0.39 is 0 Å². The number of likely N-dealkylation sites (tertiary alicyclic amines) is 1. The Bertz CT molecular complexity index is 795. The van der Waals surface area contributed by atoms with Gasteiger partial charge in [-0.3, -0.25) is 14.5 Å². The number of hydrogen-bond acceptors (Lipinski definition) is 3. The van der Waals surface area contributed by atoms with Gasteiger partial charge in [-0.25, -0.2) is 4.39 Å².